The van der Waals surface area contributed by atoms with Gasteiger partial charge in [-0.15, -0.1) is 0 Å². The van der Waals surface area contributed by atoms with Crippen LogP contribution >= 0.6 is 0 Å². The Balaban J connectivity index is 1.94. The highest BCUT2D eigenvalue weighted by Gasteiger charge is 2.30. The maximum atomic E-state index is 12.1. The lowest BCUT2D eigenvalue weighted by Gasteiger charge is -2.14. The number of amides is 1. The number of ether oxygens (including phenoxy) is 3. The van der Waals surface area contributed by atoms with Crippen molar-refractivity contribution in [2.75, 3.05) is 25.6 Å². The Bertz CT molecular complexity index is 517. The molecule has 1 aromatic carbocycles. The summed E-state index contributed by atoms with van der Waals surface area (Å²) in [4.78, 5) is 23.2. The molecule has 0 bridgehead atoms. The summed E-state index contributed by atoms with van der Waals surface area (Å²) in [5, 5.41) is 2.84. The van der Waals surface area contributed by atoms with Crippen LogP contribution in [0.2, 0.25) is 0 Å². The summed E-state index contributed by atoms with van der Waals surface area (Å²) in [7, 11) is 1.30. The molecular weight excluding hydrogens is 274 g/mol. The SMILES string of the molecule is COC(=O)COc1cccc(NC(=O)C2CCOC2C)c1. The molecule has 0 spiro atoms. The number of anilines is 1. The zero-order valence-corrected chi connectivity index (χ0v) is 12.1. The van der Waals surface area contributed by atoms with Gasteiger partial charge in [-0.2, -0.15) is 0 Å². The average Bonchev–Trinajstić information content (AvgIpc) is 2.91. The first kappa shape index (κ1) is 15.3. The predicted molar refractivity (Wildman–Crippen MR) is 76.1 cm³/mol. The molecule has 2 rings (SSSR count). The minimum absolute atomic E-state index is 0.0647. The molecule has 0 aliphatic carbocycles. The number of carbonyl (C=O) groups excluding carboxylic acids is 2. The molecule has 1 aromatic rings. The standard InChI is InChI=1S/C15H19NO5/c1-10-13(6-7-20-10)15(18)16-11-4-3-5-12(8-11)21-9-14(17)19-2/h3-5,8,10,13H,6-7,9H2,1-2H3,(H,16,18). The molecule has 1 saturated heterocycles. The third kappa shape index (κ3) is 4.19. The van der Waals surface area contributed by atoms with E-state index in [4.69, 9.17) is 9.47 Å². The zero-order chi connectivity index (χ0) is 15.2. The van der Waals surface area contributed by atoms with E-state index in [1.54, 1.807) is 24.3 Å². The molecule has 0 radical (unpaired) electrons. The number of benzene rings is 1. The van der Waals surface area contributed by atoms with Gasteiger partial charge in [0.05, 0.1) is 19.1 Å². The number of methoxy groups -OCH3 is 1. The Morgan fingerprint density at radius 1 is 1.43 bits per heavy atom. The molecule has 1 fully saturated rings. The molecule has 1 heterocycles. The van der Waals surface area contributed by atoms with E-state index in [2.05, 4.69) is 10.1 Å². The van der Waals surface area contributed by atoms with Crippen LogP contribution in [0.15, 0.2) is 24.3 Å². The largest absolute Gasteiger partial charge is 0.482 e. The normalized spacial score (nSPS) is 20.9. The second-order valence-corrected chi connectivity index (χ2v) is 4.85. The van der Waals surface area contributed by atoms with Crippen molar-refractivity contribution in [1.29, 1.82) is 0 Å². The first-order valence-electron chi connectivity index (χ1n) is 6.82. The van der Waals surface area contributed by atoms with E-state index in [1.165, 1.54) is 7.11 Å². The molecule has 1 amide bonds. The fourth-order valence-corrected chi connectivity index (χ4v) is 2.18. The highest BCUT2D eigenvalue weighted by molar-refractivity contribution is 5.93. The van der Waals surface area contributed by atoms with Crippen molar-refractivity contribution in [2.45, 2.75) is 19.4 Å². The second kappa shape index (κ2) is 7.08. The maximum Gasteiger partial charge on any atom is 0.343 e. The summed E-state index contributed by atoms with van der Waals surface area (Å²) >= 11 is 0. The van der Waals surface area contributed by atoms with Crippen molar-refractivity contribution >= 4 is 17.6 Å². The smallest absolute Gasteiger partial charge is 0.343 e. The Morgan fingerprint density at radius 2 is 2.24 bits per heavy atom. The maximum absolute atomic E-state index is 12.1. The summed E-state index contributed by atoms with van der Waals surface area (Å²) in [6.07, 6.45) is 0.662. The van der Waals surface area contributed by atoms with Gasteiger partial charge < -0.3 is 19.5 Å². The van der Waals surface area contributed by atoms with E-state index in [9.17, 15) is 9.59 Å². The van der Waals surface area contributed by atoms with Gasteiger partial charge in [0.15, 0.2) is 6.61 Å². The Kier molecular flexibility index (Phi) is 5.16. The molecule has 1 N–H and O–H groups in total. The van der Waals surface area contributed by atoms with Gasteiger partial charge >= 0.3 is 5.97 Å². The van der Waals surface area contributed by atoms with Crippen molar-refractivity contribution in [1.82, 2.24) is 0 Å². The van der Waals surface area contributed by atoms with Gasteiger partial charge in [0, 0.05) is 18.4 Å². The highest BCUT2D eigenvalue weighted by atomic mass is 16.6. The zero-order valence-electron chi connectivity index (χ0n) is 12.1. The van der Waals surface area contributed by atoms with Crippen LogP contribution < -0.4 is 10.1 Å². The van der Waals surface area contributed by atoms with Gasteiger partial charge in [-0.25, -0.2) is 4.79 Å². The molecule has 6 nitrogen and oxygen atoms in total. The minimum Gasteiger partial charge on any atom is -0.482 e. The summed E-state index contributed by atoms with van der Waals surface area (Å²) in [6.45, 7) is 2.34. The number of rotatable bonds is 5. The lowest BCUT2D eigenvalue weighted by Crippen LogP contribution is -2.27. The van der Waals surface area contributed by atoms with E-state index < -0.39 is 5.97 Å². The molecule has 1 aliphatic heterocycles. The molecule has 114 valence electrons. The van der Waals surface area contributed by atoms with E-state index in [0.29, 0.717) is 18.0 Å². The van der Waals surface area contributed by atoms with Crippen molar-refractivity contribution < 1.29 is 23.8 Å². The lowest BCUT2D eigenvalue weighted by atomic mass is 10.0. The van der Waals surface area contributed by atoms with Crippen molar-refractivity contribution in [3.8, 4) is 5.75 Å². The van der Waals surface area contributed by atoms with Crippen LogP contribution in [-0.4, -0.2) is 38.3 Å². The number of esters is 1. The third-order valence-corrected chi connectivity index (χ3v) is 3.40. The van der Waals surface area contributed by atoms with Crippen LogP contribution in [0.25, 0.3) is 0 Å². The Morgan fingerprint density at radius 3 is 2.90 bits per heavy atom. The molecular formula is C15H19NO5. The summed E-state index contributed by atoms with van der Waals surface area (Å²) < 4.78 is 15.2. The summed E-state index contributed by atoms with van der Waals surface area (Å²) in [6, 6.07) is 6.89. The second-order valence-electron chi connectivity index (χ2n) is 4.85. The highest BCUT2D eigenvalue weighted by Crippen LogP contribution is 2.23. The van der Waals surface area contributed by atoms with Crippen LogP contribution in [0.3, 0.4) is 0 Å². The van der Waals surface area contributed by atoms with Crippen LogP contribution in [0.5, 0.6) is 5.75 Å². The van der Waals surface area contributed by atoms with Gasteiger partial charge in [0.25, 0.3) is 0 Å². The molecule has 0 aromatic heterocycles. The van der Waals surface area contributed by atoms with Crippen molar-refractivity contribution in [2.24, 2.45) is 5.92 Å². The topological polar surface area (TPSA) is 73.9 Å². The first-order valence-corrected chi connectivity index (χ1v) is 6.82. The van der Waals surface area contributed by atoms with E-state index in [-0.39, 0.29) is 24.5 Å². The van der Waals surface area contributed by atoms with Crippen LogP contribution in [0.1, 0.15) is 13.3 Å². The van der Waals surface area contributed by atoms with Crippen LogP contribution in [0.4, 0.5) is 5.69 Å². The monoisotopic (exact) mass is 293 g/mol. The fourth-order valence-electron chi connectivity index (χ4n) is 2.18. The Hall–Kier alpha value is -2.08. The van der Waals surface area contributed by atoms with Crippen molar-refractivity contribution in [3.05, 3.63) is 24.3 Å². The van der Waals surface area contributed by atoms with Gasteiger partial charge in [-0.3, -0.25) is 4.79 Å². The first-order chi connectivity index (χ1) is 10.1. The minimum atomic E-state index is -0.457. The molecule has 21 heavy (non-hydrogen) atoms. The van der Waals surface area contributed by atoms with Gasteiger partial charge in [0.1, 0.15) is 5.75 Å². The van der Waals surface area contributed by atoms with Crippen LogP contribution in [-0.2, 0) is 19.1 Å². The number of nitrogens with one attached hydrogen (secondary N) is 1. The number of hydrogen-bond donors (Lipinski definition) is 1. The lowest BCUT2D eigenvalue weighted by molar-refractivity contribution is -0.142. The molecule has 2 unspecified atom stereocenters. The summed E-state index contributed by atoms with van der Waals surface area (Å²) in [5.41, 5.74) is 0.626. The number of hydrogen-bond acceptors (Lipinski definition) is 5. The third-order valence-electron chi connectivity index (χ3n) is 3.40. The van der Waals surface area contributed by atoms with E-state index in [1.807, 2.05) is 6.92 Å². The van der Waals surface area contributed by atoms with Gasteiger partial charge in [0.2, 0.25) is 5.91 Å². The van der Waals surface area contributed by atoms with Gasteiger partial charge in [-0.1, -0.05) is 6.07 Å². The molecule has 0 saturated carbocycles. The predicted octanol–water partition coefficient (Wildman–Crippen LogP) is 1.60. The van der Waals surface area contributed by atoms with Crippen LogP contribution in [0, 0.1) is 5.92 Å². The van der Waals surface area contributed by atoms with E-state index in [0.717, 1.165) is 6.42 Å². The van der Waals surface area contributed by atoms with Crippen molar-refractivity contribution in [3.63, 3.8) is 0 Å². The molecule has 2 atom stereocenters. The molecule has 6 heteroatoms. The average molecular weight is 293 g/mol. The molecule has 1 aliphatic rings. The fraction of sp³-hybridized carbons (Fsp3) is 0.467. The number of carbonyl (C=O) groups is 2. The quantitative estimate of drug-likeness (QED) is 0.835. The summed E-state index contributed by atoms with van der Waals surface area (Å²) in [5.74, 6) is -0.162. The van der Waals surface area contributed by atoms with E-state index >= 15 is 0 Å². The Labute approximate surface area is 123 Å². The van der Waals surface area contributed by atoms with Gasteiger partial charge in [-0.05, 0) is 25.5 Å².